The van der Waals surface area contributed by atoms with Gasteiger partial charge < -0.3 is 19.6 Å². The van der Waals surface area contributed by atoms with Crippen molar-refractivity contribution < 1.29 is 19.4 Å². The van der Waals surface area contributed by atoms with E-state index >= 15 is 0 Å². The van der Waals surface area contributed by atoms with Gasteiger partial charge in [0.1, 0.15) is 0 Å². The average Bonchev–Trinajstić information content (AvgIpc) is 3.26. The average molecular weight is 493 g/mol. The molecule has 1 saturated heterocycles. The van der Waals surface area contributed by atoms with Crippen LogP contribution in [-0.4, -0.2) is 45.1 Å². The number of hydrogen-bond donors (Lipinski definition) is 1. The molecule has 0 bridgehead atoms. The van der Waals surface area contributed by atoms with Crippen molar-refractivity contribution in [3.63, 3.8) is 0 Å². The first-order chi connectivity index (χ1) is 16.9. The first-order valence-electron chi connectivity index (χ1n) is 13.1. The molecule has 0 unspecified atom stereocenters. The number of nitrogens with zero attached hydrogens (tertiary/aromatic N) is 2. The predicted molar refractivity (Wildman–Crippen MR) is 142 cm³/mol. The van der Waals surface area contributed by atoms with Crippen LogP contribution in [0.25, 0.3) is 11.1 Å². The lowest BCUT2D eigenvalue weighted by atomic mass is 9.83. The fraction of sp³-hybridized carbons (Fsp3) is 0.533. The van der Waals surface area contributed by atoms with Gasteiger partial charge in [0.25, 0.3) is 0 Å². The van der Waals surface area contributed by atoms with Crippen LogP contribution >= 0.6 is 0 Å². The Balaban J connectivity index is 1.85. The van der Waals surface area contributed by atoms with Crippen LogP contribution in [-0.2, 0) is 22.6 Å². The molecule has 6 nitrogen and oxygen atoms in total. The zero-order chi connectivity index (χ0) is 26.4. The van der Waals surface area contributed by atoms with Gasteiger partial charge in [0.05, 0.1) is 5.60 Å². The number of likely N-dealkylation sites (tertiary alicyclic amines) is 1. The van der Waals surface area contributed by atoms with Crippen molar-refractivity contribution in [3.05, 3.63) is 57.6 Å². The number of ether oxygens (including phenoxy) is 1. The third kappa shape index (κ3) is 5.01. The number of hydrogen-bond acceptors (Lipinski definition) is 3. The van der Waals surface area contributed by atoms with E-state index in [0.29, 0.717) is 18.7 Å². The molecule has 0 spiro atoms. The number of urea groups is 1. The molecule has 0 saturated carbocycles. The number of carbonyl (C=O) groups is 2. The molecule has 2 aliphatic heterocycles. The van der Waals surface area contributed by atoms with E-state index < -0.39 is 17.7 Å². The van der Waals surface area contributed by atoms with Gasteiger partial charge in [-0.2, -0.15) is 0 Å². The van der Waals surface area contributed by atoms with Crippen molar-refractivity contribution in [2.24, 2.45) is 0 Å². The number of aryl methyl sites for hydroxylation is 1. The summed E-state index contributed by atoms with van der Waals surface area (Å²) in [5.74, 6) is -1.01. The van der Waals surface area contributed by atoms with Crippen LogP contribution in [0.5, 0.6) is 0 Å². The summed E-state index contributed by atoms with van der Waals surface area (Å²) in [5, 5.41) is 10.3. The van der Waals surface area contributed by atoms with Gasteiger partial charge in [-0.15, -0.1) is 0 Å². The molecule has 1 N–H and O–H groups in total. The number of carboxylic acids is 1. The van der Waals surface area contributed by atoms with Crippen LogP contribution in [0.2, 0.25) is 0 Å². The molecule has 2 aliphatic rings. The second-order valence-corrected chi connectivity index (χ2v) is 11.5. The Morgan fingerprint density at radius 3 is 2.17 bits per heavy atom. The SMILES string of the molecule is Cc1ccc(-c2c(C)c3c(c(C)c2[C@H](OC(C)(C)C)C(=O)O)CN(C(=O)N2CCCC[C@@H]2C)C3)cc1. The minimum atomic E-state index is -1.11. The van der Waals surface area contributed by atoms with Crippen molar-refractivity contribution >= 4 is 12.0 Å². The Labute approximate surface area is 215 Å². The van der Waals surface area contributed by atoms with Crippen molar-refractivity contribution in [2.75, 3.05) is 6.54 Å². The van der Waals surface area contributed by atoms with Crippen LogP contribution in [0, 0.1) is 20.8 Å². The predicted octanol–water partition coefficient (Wildman–Crippen LogP) is 6.53. The summed E-state index contributed by atoms with van der Waals surface area (Å²) in [6.45, 7) is 15.7. The standard InChI is InChI=1S/C30H40N2O4/c1-18-11-13-22(14-12-18)25-20(3)23-16-31(29(35)32-15-9-8-10-19(32)2)17-24(23)21(4)26(25)27(28(33)34)36-30(5,6)7/h11-14,19,27H,8-10,15-17H2,1-7H3,(H,33,34)/t19-,27-/m0/s1. The summed E-state index contributed by atoms with van der Waals surface area (Å²) in [4.78, 5) is 30.1. The number of benzene rings is 2. The van der Waals surface area contributed by atoms with Gasteiger partial charge in [0.2, 0.25) is 0 Å². The second-order valence-electron chi connectivity index (χ2n) is 11.5. The second kappa shape index (κ2) is 9.89. The maximum Gasteiger partial charge on any atom is 0.337 e. The van der Waals surface area contributed by atoms with Crippen LogP contribution in [0.4, 0.5) is 4.79 Å². The molecule has 0 aromatic heterocycles. The highest BCUT2D eigenvalue weighted by Crippen LogP contribution is 2.44. The molecule has 2 aromatic carbocycles. The summed E-state index contributed by atoms with van der Waals surface area (Å²) in [5.41, 5.74) is 7.19. The van der Waals surface area contributed by atoms with Crippen LogP contribution in [0.15, 0.2) is 24.3 Å². The molecule has 2 atom stereocenters. The number of amides is 2. The number of carbonyl (C=O) groups excluding carboxylic acids is 1. The van der Waals surface area contributed by atoms with Crippen molar-refractivity contribution in [2.45, 2.75) is 98.6 Å². The molecule has 0 aliphatic carbocycles. The largest absolute Gasteiger partial charge is 0.479 e. The van der Waals surface area contributed by atoms with Crippen LogP contribution in [0.1, 0.15) is 86.4 Å². The van der Waals surface area contributed by atoms with E-state index in [1.165, 1.54) is 0 Å². The summed E-state index contributed by atoms with van der Waals surface area (Å²) >= 11 is 0. The van der Waals surface area contributed by atoms with Gasteiger partial charge >= 0.3 is 12.0 Å². The summed E-state index contributed by atoms with van der Waals surface area (Å²) < 4.78 is 6.16. The molecule has 1 fully saturated rings. The third-order valence-corrected chi connectivity index (χ3v) is 7.63. The van der Waals surface area contributed by atoms with E-state index in [-0.39, 0.29) is 12.1 Å². The van der Waals surface area contributed by atoms with Gasteiger partial charge in [0, 0.05) is 31.2 Å². The highest BCUT2D eigenvalue weighted by Gasteiger charge is 2.38. The van der Waals surface area contributed by atoms with Crippen LogP contribution < -0.4 is 0 Å². The molecule has 2 amide bonds. The van der Waals surface area contributed by atoms with E-state index in [1.807, 2.05) is 44.4 Å². The minimum absolute atomic E-state index is 0.0800. The summed E-state index contributed by atoms with van der Waals surface area (Å²) in [7, 11) is 0. The molecule has 0 radical (unpaired) electrons. The highest BCUT2D eigenvalue weighted by atomic mass is 16.5. The Bertz CT molecular complexity index is 1160. The molecule has 4 rings (SSSR count). The number of carboxylic acid groups (broad SMARTS) is 1. The van der Waals surface area contributed by atoms with Crippen molar-refractivity contribution in [1.82, 2.24) is 9.80 Å². The Morgan fingerprint density at radius 1 is 1.00 bits per heavy atom. The van der Waals surface area contributed by atoms with Crippen molar-refractivity contribution in [3.8, 4) is 11.1 Å². The van der Waals surface area contributed by atoms with E-state index in [9.17, 15) is 14.7 Å². The third-order valence-electron chi connectivity index (χ3n) is 7.63. The number of rotatable bonds is 4. The van der Waals surface area contributed by atoms with Gasteiger partial charge in [-0.25, -0.2) is 9.59 Å². The molecule has 2 heterocycles. The topological polar surface area (TPSA) is 70.1 Å². The van der Waals surface area contributed by atoms with Gasteiger partial charge in [-0.3, -0.25) is 0 Å². The molecular weight excluding hydrogens is 452 g/mol. The Hall–Kier alpha value is -2.86. The lowest BCUT2D eigenvalue weighted by molar-refractivity contribution is -0.160. The van der Waals surface area contributed by atoms with Gasteiger partial charge in [0.15, 0.2) is 6.10 Å². The lowest BCUT2D eigenvalue weighted by Crippen LogP contribution is -2.47. The quantitative estimate of drug-likeness (QED) is 0.527. The van der Waals surface area contributed by atoms with Crippen LogP contribution in [0.3, 0.4) is 0 Å². The summed E-state index contributed by atoms with van der Waals surface area (Å²) in [6.07, 6.45) is 2.13. The maximum atomic E-state index is 13.5. The number of fused-ring (bicyclic) bond motifs is 1. The first kappa shape index (κ1) is 26.2. The van der Waals surface area contributed by atoms with E-state index in [1.54, 1.807) is 0 Å². The first-order valence-corrected chi connectivity index (χ1v) is 13.1. The number of piperidine rings is 1. The normalized spacial score (nSPS) is 18.8. The molecule has 6 heteroatoms. The zero-order valence-electron chi connectivity index (χ0n) is 22.8. The fourth-order valence-corrected chi connectivity index (χ4v) is 5.73. The zero-order valence-corrected chi connectivity index (χ0v) is 22.8. The lowest BCUT2D eigenvalue weighted by Gasteiger charge is -2.36. The molecule has 36 heavy (non-hydrogen) atoms. The fourth-order valence-electron chi connectivity index (χ4n) is 5.73. The van der Waals surface area contributed by atoms with E-state index in [4.69, 9.17) is 4.74 Å². The molecule has 2 aromatic rings. The maximum absolute atomic E-state index is 13.5. The highest BCUT2D eigenvalue weighted by molar-refractivity contribution is 5.85. The Morgan fingerprint density at radius 2 is 1.61 bits per heavy atom. The van der Waals surface area contributed by atoms with E-state index in [2.05, 4.69) is 38.1 Å². The van der Waals surface area contributed by atoms with Gasteiger partial charge in [-0.1, -0.05) is 29.8 Å². The minimum Gasteiger partial charge on any atom is -0.479 e. The molecule has 194 valence electrons. The Kier molecular flexibility index (Phi) is 7.20. The summed E-state index contributed by atoms with van der Waals surface area (Å²) in [6, 6.07) is 8.53. The van der Waals surface area contributed by atoms with E-state index in [0.717, 1.165) is 64.8 Å². The van der Waals surface area contributed by atoms with Crippen molar-refractivity contribution in [1.29, 1.82) is 0 Å². The molecular formula is C30H40N2O4. The van der Waals surface area contributed by atoms with Gasteiger partial charge in [-0.05, 0) is 101 Å². The monoisotopic (exact) mass is 492 g/mol. The number of aliphatic carboxylic acids is 1. The smallest absolute Gasteiger partial charge is 0.337 e.